The van der Waals surface area contributed by atoms with Gasteiger partial charge in [-0.3, -0.25) is 14.7 Å². The van der Waals surface area contributed by atoms with Crippen molar-refractivity contribution in [1.29, 1.82) is 0 Å². The summed E-state index contributed by atoms with van der Waals surface area (Å²) >= 11 is 12.0. The van der Waals surface area contributed by atoms with Gasteiger partial charge in [-0.15, -0.1) is 0 Å². The van der Waals surface area contributed by atoms with Crippen molar-refractivity contribution in [2.45, 2.75) is 25.9 Å². The highest BCUT2D eigenvalue weighted by atomic mass is 35.5. The van der Waals surface area contributed by atoms with Crippen molar-refractivity contribution in [3.05, 3.63) is 63.9 Å². The molecule has 0 radical (unpaired) electrons. The molecule has 1 aliphatic heterocycles. The van der Waals surface area contributed by atoms with Crippen molar-refractivity contribution in [1.82, 2.24) is 15.2 Å². The number of benzene rings is 1. The Morgan fingerprint density at radius 3 is 2.64 bits per heavy atom. The van der Waals surface area contributed by atoms with Crippen LogP contribution in [0.15, 0.2) is 42.6 Å². The van der Waals surface area contributed by atoms with Crippen LogP contribution >= 0.6 is 23.2 Å². The van der Waals surface area contributed by atoms with Gasteiger partial charge in [-0.05, 0) is 55.8 Å². The second-order valence-corrected chi connectivity index (χ2v) is 7.15. The molecule has 1 fully saturated rings. The van der Waals surface area contributed by atoms with E-state index in [9.17, 15) is 4.79 Å². The highest BCUT2D eigenvalue weighted by molar-refractivity contribution is 6.42. The van der Waals surface area contributed by atoms with E-state index in [-0.39, 0.29) is 11.8 Å². The molecule has 1 aliphatic rings. The topological polar surface area (TPSA) is 45.2 Å². The molecule has 6 heteroatoms. The molecule has 2 heterocycles. The lowest BCUT2D eigenvalue weighted by Gasteiger charge is -2.31. The maximum Gasteiger partial charge on any atom is 0.223 e. The van der Waals surface area contributed by atoms with Gasteiger partial charge in [-0.2, -0.15) is 0 Å². The molecule has 0 saturated carbocycles. The van der Waals surface area contributed by atoms with E-state index < -0.39 is 0 Å². The van der Waals surface area contributed by atoms with Crippen LogP contribution in [0.2, 0.25) is 10.0 Å². The molecule has 0 aliphatic carbocycles. The van der Waals surface area contributed by atoms with Gasteiger partial charge in [-0.1, -0.05) is 35.3 Å². The minimum atomic E-state index is 0.0776. The standard InChI is InChI=1S/C19H21Cl2N3O/c20-17-5-4-14(11-18(17)21)13-24-9-6-15(7-10-24)19(25)23-12-16-3-1-2-8-22-16/h1-5,8,11,15H,6-7,9-10,12-13H2,(H,23,25). The zero-order chi connectivity index (χ0) is 17.6. The van der Waals surface area contributed by atoms with Crippen LogP contribution in [0.3, 0.4) is 0 Å². The van der Waals surface area contributed by atoms with Crippen LogP contribution < -0.4 is 5.32 Å². The summed E-state index contributed by atoms with van der Waals surface area (Å²) < 4.78 is 0. The number of carbonyl (C=O) groups excluding carboxylic acids is 1. The minimum absolute atomic E-state index is 0.0776. The molecule has 0 atom stereocenters. The molecular formula is C19H21Cl2N3O. The minimum Gasteiger partial charge on any atom is -0.350 e. The van der Waals surface area contributed by atoms with Crippen molar-refractivity contribution in [2.24, 2.45) is 5.92 Å². The van der Waals surface area contributed by atoms with Gasteiger partial charge in [0.25, 0.3) is 0 Å². The molecule has 3 rings (SSSR count). The molecule has 1 aromatic heterocycles. The SMILES string of the molecule is O=C(NCc1ccccn1)C1CCN(Cc2ccc(Cl)c(Cl)c2)CC1. The molecule has 2 aromatic rings. The molecule has 4 nitrogen and oxygen atoms in total. The fourth-order valence-electron chi connectivity index (χ4n) is 3.07. The van der Waals surface area contributed by atoms with Crippen molar-refractivity contribution in [3.63, 3.8) is 0 Å². The second-order valence-electron chi connectivity index (χ2n) is 6.34. The molecule has 0 spiro atoms. The molecule has 1 aromatic carbocycles. The van der Waals surface area contributed by atoms with E-state index in [1.807, 2.05) is 36.4 Å². The Morgan fingerprint density at radius 1 is 1.16 bits per heavy atom. The monoisotopic (exact) mass is 377 g/mol. The number of nitrogens with zero attached hydrogens (tertiary/aromatic N) is 2. The molecule has 25 heavy (non-hydrogen) atoms. The summed E-state index contributed by atoms with van der Waals surface area (Å²) in [6.45, 7) is 3.13. The second kappa shape index (κ2) is 8.65. The third kappa shape index (κ3) is 5.18. The smallest absolute Gasteiger partial charge is 0.223 e. The summed E-state index contributed by atoms with van der Waals surface area (Å²) in [6, 6.07) is 11.5. The van der Waals surface area contributed by atoms with Gasteiger partial charge >= 0.3 is 0 Å². The van der Waals surface area contributed by atoms with Gasteiger partial charge in [0, 0.05) is 18.7 Å². The summed E-state index contributed by atoms with van der Waals surface area (Å²) in [5.74, 6) is 0.202. The average Bonchev–Trinajstić information content (AvgIpc) is 2.64. The maximum atomic E-state index is 12.3. The molecular weight excluding hydrogens is 357 g/mol. The molecule has 1 amide bonds. The number of hydrogen-bond acceptors (Lipinski definition) is 3. The summed E-state index contributed by atoms with van der Waals surface area (Å²) in [5.41, 5.74) is 2.03. The largest absolute Gasteiger partial charge is 0.350 e. The van der Waals surface area contributed by atoms with E-state index in [4.69, 9.17) is 23.2 Å². The van der Waals surface area contributed by atoms with Crippen LogP contribution in [-0.2, 0) is 17.9 Å². The zero-order valence-electron chi connectivity index (χ0n) is 13.9. The number of aromatic nitrogens is 1. The van der Waals surface area contributed by atoms with Crippen LogP contribution in [-0.4, -0.2) is 28.9 Å². The fraction of sp³-hybridized carbons (Fsp3) is 0.368. The first kappa shape index (κ1) is 18.2. The molecule has 1 saturated heterocycles. The van der Waals surface area contributed by atoms with Gasteiger partial charge in [0.2, 0.25) is 5.91 Å². The van der Waals surface area contributed by atoms with E-state index >= 15 is 0 Å². The van der Waals surface area contributed by atoms with Crippen LogP contribution in [0, 0.1) is 5.92 Å². The van der Waals surface area contributed by atoms with Crippen LogP contribution in [0.25, 0.3) is 0 Å². The van der Waals surface area contributed by atoms with Crippen molar-refractivity contribution >= 4 is 29.1 Å². The first-order chi connectivity index (χ1) is 12.1. The summed E-state index contributed by atoms with van der Waals surface area (Å²) in [4.78, 5) is 18.9. The van der Waals surface area contributed by atoms with Crippen LogP contribution in [0.1, 0.15) is 24.1 Å². The van der Waals surface area contributed by atoms with E-state index in [2.05, 4.69) is 15.2 Å². The number of pyridine rings is 1. The summed E-state index contributed by atoms with van der Waals surface area (Å²) in [6.07, 6.45) is 3.48. The van der Waals surface area contributed by atoms with E-state index in [0.717, 1.165) is 43.7 Å². The molecule has 0 bridgehead atoms. The van der Waals surface area contributed by atoms with E-state index in [1.165, 1.54) is 0 Å². The normalized spacial score (nSPS) is 15.9. The quantitative estimate of drug-likeness (QED) is 0.858. The molecule has 0 unspecified atom stereocenters. The highest BCUT2D eigenvalue weighted by Crippen LogP contribution is 2.25. The lowest BCUT2D eigenvalue weighted by molar-refractivity contribution is -0.126. The zero-order valence-corrected chi connectivity index (χ0v) is 15.4. The molecule has 132 valence electrons. The number of carbonyl (C=O) groups is 1. The van der Waals surface area contributed by atoms with Crippen LogP contribution in [0.4, 0.5) is 0 Å². The van der Waals surface area contributed by atoms with E-state index in [1.54, 1.807) is 6.20 Å². The number of rotatable bonds is 5. The van der Waals surface area contributed by atoms with Gasteiger partial charge in [0.1, 0.15) is 0 Å². The van der Waals surface area contributed by atoms with Gasteiger partial charge < -0.3 is 5.32 Å². The Bertz CT molecular complexity index is 716. The Hall–Kier alpha value is -1.62. The van der Waals surface area contributed by atoms with E-state index in [0.29, 0.717) is 16.6 Å². The Balaban J connectivity index is 1.44. The van der Waals surface area contributed by atoms with Gasteiger partial charge in [-0.25, -0.2) is 0 Å². The lowest BCUT2D eigenvalue weighted by atomic mass is 9.95. The van der Waals surface area contributed by atoms with Crippen LogP contribution in [0.5, 0.6) is 0 Å². The number of amides is 1. The van der Waals surface area contributed by atoms with Crippen molar-refractivity contribution < 1.29 is 4.79 Å². The van der Waals surface area contributed by atoms with Gasteiger partial charge in [0.15, 0.2) is 0 Å². The predicted octanol–water partition coefficient (Wildman–Crippen LogP) is 3.92. The lowest BCUT2D eigenvalue weighted by Crippen LogP contribution is -2.40. The Labute approximate surface area is 158 Å². The number of piperidine rings is 1. The number of halogens is 2. The van der Waals surface area contributed by atoms with Crippen molar-refractivity contribution in [2.75, 3.05) is 13.1 Å². The number of likely N-dealkylation sites (tertiary alicyclic amines) is 1. The summed E-state index contributed by atoms with van der Waals surface area (Å²) in [7, 11) is 0. The Kier molecular flexibility index (Phi) is 6.29. The number of nitrogens with one attached hydrogen (secondary N) is 1. The maximum absolute atomic E-state index is 12.3. The third-order valence-electron chi connectivity index (χ3n) is 4.52. The highest BCUT2D eigenvalue weighted by Gasteiger charge is 2.24. The average molecular weight is 378 g/mol. The van der Waals surface area contributed by atoms with Gasteiger partial charge in [0.05, 0.1) is 22.3 Å². The third-order valence-corrected chi connectivity index (χ3v) is 5.26. The molecule has 1 N–H and O–H groups in total. The first-order valence-electron chi connectivity index (χ1n) is 8.46. The first-order valence-corrected chi connectivity index (χ1v) is 9.21. The Morgan fingerprint density at radius 2 is 1.96 bits per heavy atom. The predicted molar refractivity (Wildman–Crippen MR) is 101 cm³/mol. The van der Waals surface area contributed by atoms with Crippen molar-refractivity contribution in [3.8, 4) is 0 Å². The number of hydrogen-bond donors (Lipinski definition) is 1. The fourth-order valence-corrected chi connectivity index (χ4v) is 3.39. The summed E-state index contributed by atoms with van der Waals surface area (Å²) in [5, 5.41) is 4.16.